The van der Waals surface area contributed by atoms with Crippen molar-refractivity contribution in [2.75, 3.05) is 39.2 Å². The Bertz CT molecular complexity index is 851. The molecule has 158 valence electrons. The van der Waals surface area contributed by atoms with Crippen LogP contribution in [-0.2, 0) is 9.53 Å². The van der Waals surface area contributed by atoms with Crippen LogP contribution in [0.1, 0.15) is 35.9 Å². The maximum Gasteiger partial charge on any atom is 0.266 e. The molecular formula is C19H26ClN5O3S. The Hall–Kier alpha value is -1.97. The number of amides is 2. The van der Waals surface area contributed by atoms with E-state index in [2.05, 4.69) is 20.2 Å². The van der Waals surface area contributed by atoms with Crippen LogP contribution in [0.5, 0.6) is 0 Å². The fourth-order valence-electron chi connectivity index (χ4n) is 3.39. The number of anilines is 1. The van der Waals surface area contributed by atoms with E-state index >= 15 is 0 Å². The molecule has 29 heavy (non-hydrogen) atoms. The average molecular weight is 440 g/mol. The summed E-state index contributed by atoms with van der Waals surface area (Å²) >= 11 is 7.46. The highest BCUT2D eigenvalue weighted by Gasteiger charge is 2.33. The average Bonchev–Trinajstić information content (AvgIpc) is 3.34. The Morgan fingerprint density at radius 2 is 2.21 bits per heavy atom. The molecule has 3 rings (SSSR count). The number of halogens is 1. The molecule has 0 saturated carbocycles. The zero-order chi connectivity index (χ0) is 21.1. The lowest BCUT2D eigenvalue weighted by molar-refractivity contribution is -0.116. The summed E-state index contributed by atoms with van der Waals surface area (Å²) in [6.45, 7) is 3.29. The van der Waals surface area contributed by atoms with Crippen LogP contribution in [0.2, 0.25) is 0 Å². The fourth-order valence-corrected chi connectivity index (χ4v) is 4.67. The molecule has 3 heterocycles. The summed E-state index contributed by atoms with van der Waals surface area (Å²) in [5.41, 5.74) is 1.44. The van der Waals surface area contributed by atoms with Crippen molar-refractivity contribution in [3.8, 4) is 0 Å². The van der Waals surface area contributed by atoms with Crippen LogP contribution in [0.15, 0.2) is 21.9 Å². The fraction of sp³-hybridized carbons (Fsp3) is 0.579. The predicted molar refractivity (Wildman–Crippen MR) is 115 cm³/mol. The van der Waals surface area contributed by atoms with E-state index in [4.69, 9.17) is 16.3 Å². The van der Waals surface area contributed by atoms with Gasteiger partial charge in [0.25, 0.3) is 11.8 Å². The Kier molecular flexibility index (Phi) is 6.92. The topological polar surface area (TPSA) is 87.1 Å². The van der Waals surface area contributed by atoms with Crippen LogP contribution in [0.25, 0.3) is 0 Å². The Morgan fingerprint density at radius 1 is 1.45 bits per heavy atom. The summed E-state index contributed by atoms with van der Waals surface area (Å²) in [5.74, 6) is -0.254. The lowest BCUT2D eigenvalue weighted by Crippen LogP contribution is -2.55. The Morgan fingerprint density at radius 3 is 2.83 bits per heavy atom. The standard InChI is InChI=1S/C19H26ClN5O3S/c1-5-11-8-13(22-16(11)20)17(26)23-12-6-7-25(10-14(12)28-4)19-21-9-15(29-19)18(27)24(2)3/h9,12,14H,5-8,10H2,1-4H3,(H,23,26)/t12?,14-/m0/s1. The van der Waals surface area contributed by atoms with Crippen molar-refractivity contribution in [3.05, 3.63) is 21.8 Å². The van der Waals surface area contributed by atoms with E-state index in [9.17, 15) is 9.59 Å². The molecule has 0 spiro atoms. The van der Waals surface area contributed by atoms with Crippen LogP contribution >= 0.6 is 22.9 Å². The van der Waals surface area contributed by atoms with E-state index in [0.29, 0.717) is 41.7 Å². The van der Waals surface area contributed by atoms with Gasteiger partial charge >= 0.3 is 0 Å². The van der Waals surface area contributed by atoms with Crippen LogP contribution in [0, 0.1) is 0 Å². The molecule has 0 aromatic carbocycles. The summed E-state index contributed by atoms with van der Waals surface area (Å²) in [5, 5.41) is 4.27. The number of carbonyl (C=O) groups is 2. The molecule has 1 N–H and O–H groups in total. The third-order valence-corrected chi connectivity index (χ3v) is 6.55. The van der Waals surface area contributed by atoms with Gasteiger partial charge in [-0.05, 0) is 18.4 Å². The number of carbonyl (C=O) groups excluding carboxylic acids is 2. The lowest BCUT2D eigenvalue weighted by Gasteiger charge is -2.37. The van der Waals surface area contributed by atoms with Gasteiger partial charge in [-0.2, -0.15) is 0 Å². The number of nitrogens with zero attached hydrogens (tertiary/aromatic N) is 4. The minimum absolute atomic E-state index is 0.0600. The van der Waals surface area contributed by atoms with Crippen LogP contribution in [0.3, 0.4) is 0 Å². The van der Waals surface area contributed by atoms with E-state index in [1.807, 2.05) is 6.92 Å². The smallest absolute Gasteiger partial charge is 0.266 e. The number of allylic oxidation sites excluding steroid dienone is 1. The molecule has 1 unspecified atom stereocenters. The summed E-state index contributed by atoms with van der Waals surface area (Å²) in [7, 11) is 5.08. The number of piperidine rings is 1. The van der Waals surface area contributed by atoms with Crippen molar-refractivity contribution in [2.45, 2.75) is 38.3 Å². The molecule has 1 fully saturated rings. The number of aromatic nitrogens is 1. The predicted octanol–water partition coefficient (Wildman–Crippen LogP) is 2.26. The monoisotopic (exact) mass is 439 g/mol. The number of aliphatic imine (C=N–C) groups is 1. The third-order valence-electron chi connectivity index (χ3n) is 5.15. The Labute approximate surface area is 179 Å². The first-order valence-corrected chi connectivity index (χ1v) is 10.7. The third kappa shape index (κ3) is 4.79. The normalized spacial score (nSPS) is 22.0. The highest BCUT2D eigenvalue weighted by atomic mass is 35.5. The second-order valence-electron chi connectivity index (χ2n) is 7.28. The van der Waals surface area contributed by atoms with E-state index in [1.165, 1.54) is 16.2 Å². The molecule has 1 saturated heterocycles. The molecule has 0 radical (unpaired) electrons. The summed E-state index contributed by atoms with van der Waals surface area (Å²) in [6, 6.07) is -0.126. The van der Waals surface area contributed by atoms with Crippen molar-refractivity contribution in [1.29, 1.82) is 0 Å². The molecule has 2 aliphatic rings. The molecular weight excluding hydrogens is 414 g/mol. The van der Waals surface area contributed by atoms with Crippen molar-refractivity contribution >= 4 is 45.6 Å². The molecule has 0 bridgehead atoms. The van der Waals surface area contributed by atoms with Crippen molar-refractivity contribution in [2.24, 2.45) is 4.99 Å². The zero-order valence-electron chi connectivity index (χ0n) is 17.1. The van der Waals surface area contributed by atoms with Gasteiger partial charge in [-0.1, -0.05) is 29.9 Å². The van der Waals surface area contributed by atoms with E-state index in [0.717, 1.165) is 17.1 Å². The second-order valence-corrected chi connectivity index (χ2v) is 8.65. The van der Waals surface area contributed by atoms with Gasteiger partial charge in [0.15, 0.2) is 5.13 Å². The van der Waals surface area contributed by atoms with Crippen molar-refractivity contribution in [1.82, 2.24) is 15.2 Å². The van der Waals surface area contributed by atoms with Gasteiger partial charge < -0.3 is 19.9 Å². The van der Waals surface area contributed by atoms with Gasteiger partial charge in [0.2, 0.25) is 0 Å². The van der Waals surface area contributed by atoms with E-state index < -0.39 is 0 Å². The summed E-state index contributed by atoms with van der Waals surface area (Å²) in [4.78, 5) is 37.6. The molecule has 2 atom stereocenters. The maximum absolute atomic E-state index is 12.6. The number of hydrogen-bond acceptors (Lipinski definition) is 7. The van der Waals surface area contributed by atoms with E-state index in [1.54, 1.807) is 27.4 Å². The van der Waals surface area contributed by atoms with Gasteiger partial charge in [-0.25, -0.2) is 9.98 Å². The number of rotatable bonds is 6. The van der Waals surface area contributed by atoms with Crippen molar-refractivity contribution in [3.63, 3.8) is 0 Å². The maximum atomic E-state index is 12.6. The zero-order valence-corrected chi connectivity index (χ0v) is 18.6. The SMILES string of the molecule is CCC1=C(Cl)N=C(C(=O)NC2CCN(c3ncc(C(=O)N(C)C)s3)C[C@@H]2OC)C1. The number of nitrogens with one attached hydrogen (secondary N) is 1. The molecule has 1 aromatic heterocycles. The van der Waals surface area contributed by atoms with E-state index in [-0.39, 0.29) is 24.0 Å². The lowest BCUT2D eigenvalue weighted by atomic mass is 10.0. The first kappa shape index (κ1) is 21.7. The van der Waals surface area contributed by atoms with Gasteiger partial charge in [-0.15, -0.1) is 0 Å². The largest absolute Gasteiger partial charge is 0.377 e. The quantitative estimate of drug-likeness (QED) is 0.687. The minimum atomic E-state index is -0.194. The second kappa shape index (κ2) is 9.23. The summed E-state index contributed by atoms with van der Waals surface area (Å²) in [6.07, 6.45) is 3.40. The summed E-state index contributed by atoms with van der Waals surface area (Å²) < 4.78 is 5.64. The van der Waals surface area contributed by atoms with Gasteiger partial charge in [-0.3, -0.25) is 9.59 Å². The molecule has 1 aromatic rings. The molecule has 0 aliphatic carbocycles. The molecule has 10 heteroatoms. The van der Waals surface area contributed by atoms with Crippen LogP contribution < -0.4 is 10.2 Å². The van der Waals surface area contributed by atoms with Gasteiger partial charge in [0.1, 0.15) is 15.7 Å². The first-order valence-electron chi connectivity index (χ1n) is 9.55. The van der Waals surface area contributed by atoms with Crippen LogP contribution in [0.4, 0.5) is 5.13 Å². The van der Waals surface area contributed by atoms with Crippen LogP contribution in [-0.4, -0.2) is 73.9 Å². The number of hydrogen-bond donors (Lipinski definition) is 1. The number of ether oxygens (including phenoxy) is 1. The Balaban J connectivity index is 1.61. The number of methoxy groups -OCH3 is 1. The highest BCUT2D eigenvalue weighted by molar-refractivity contribution is 7.17. The van der Waals surface area contributed by atoms with Gasteiger partial charge in [0, 0.05) is 40.7 Å². The van der Waals surface area contributed by atoms with Crippen molar-refractivity contribution < 1.29 is 14.3 Å². The van der Waals surface area contributed by atoms with Gasteiger partial charge in [0.05, 0.1) is 18.3 Å². The number of thiazole rings is 1. The minimum Gasteiger partial charge on any atom is -0.377 e. The molecule has 8 nitrogen and oxygen atoms in total. The highest BCUT2D eigenvalue weighted by Crippen LogP contribution is 2.28. The molecule has 2 amide bonds. The first-order chi connectivity index (χ1) is 13.8. The molecule has 2 aliphatic heterocycles.